The number of nitro benzene ring substituents is 1. The van der Waals surface area contributed by atoms with Crippen molar-refractivity contribution in [2.75, 3.05) is 19.0 Å². The highest BCUT2D eigenvalue weighted by molar-refractivity contribution is 6.00. The number of methoxy groups -OCH3 is 1. The second kappa shape index (κ2) is 10.8. The van der Waals surface area contributed by atoms with E-state index in [9.17, 15) is 14.9 Å². The number of nitrogens with zero attached hydrogens (tertiary/aromatic N) is 1. The molecule has 0 radical (unpaired) electrons. The molecule has 0 aliphatic heterocycles. The van der Waals surface area contributed by atoms with Crippen LogP contribution in [0.1, 0.15) is 48.5 Å². The van der Waals surface area contributed by atoms with E-state index in [0.717, 1.165) is 31.2 Å². The van der Waals surface area contributed by atoms with Crippen LogP contribution in [0.4, 0.5) is 11.4 Å². The van der Waals surface area contributed by atoms with E-state index >= 15 is 0 Å². The molecule has 0 atom stereocenters. The van der Waals surface area contributed by atoms with Gasteiger partial charge in [0, 0.05) is 36.4 Å². The lowest BCUT2D eigenvalue weighted by atomic mass is 9.91. The second-order valence-electron chi connectivity index (χ2n) is 7.84. The van der Waals surface area contributed by atoms with Gasteiger partial charge >= 0.3 is 0 Å². The number of nitrogens with one attached hydrogen (secondary N) is 2. The molecule has 0 unspecified atom stereocenters. The van der Waals surface area contributed by atoms with Crippen molar-refractivity contribution in [1.82, 2.24) is 5.32 Å². The topological polar surface area (TPSA) is 129 Å². The summed E-state index contributed by atoms with van der Waals surface area (Å²) in [4.78, 5) is 23.7. The van der Waals surface area contributed by atoms with Crippen LogP contribution in [-0.2, 0) is 6.54 Å². The third-order valence-corrected chi connectivity index (χ3v) is 5.57. The van der Waals surface area contributed by atoms with Crippen molar-refractivity contribution in [2.45, 2.75) is 51.2 Å². The van der Waals surface area contributed by atoms with E-state index in [-0.39, 0.29) is 29.9 Å². The third kappa shape index (κ3) is 5.88. The van der Waals surface area contributed by atoms with Crippen molar-refractivity contribution < 1.29 is 19.2 Å². The van der Waals surface area contributed by atoms with E-state index in [1.807, 2.05) is 13.0 Å². The molecular weight excluding hydrogens is 412 g/mol. The second-order valence-corrected chi connectivity index (χ2v) is 7.84. The Morgan fingerprint density at radius 1 is 1.16 bits per heavy atom. The van der Waals surface area contributed by atoms with Crippen LogP contribution in [0.3, 0.4) is 0 Å². The maximum Gasteiger partial charge on any atom is 0.270 e. The highest BCUT2D eigenvalue weighted by Gasteiger charge is 2.22. The van der Waals surface area contributed by atoms with Crippen LogP contribution in [0.25, 0.3) is 0 Å². The average molecular weight is 443 g/mol. The van der Waals surface area contributed by atoms with Crippen LogP contribution >= 0.6 is 0 Å². The van der Waals surface area contributed by atoms with Gasteiger partial charge in [-0.2, -0.15) is 0 Å². The quantitative estimate of drug-likeness (QED) is 0.400. The number of carbonyl (C=O) groups excluding carboxylic acids is 1. The molecule has 4 N–H and O–H groups in total. The minimum atomic E-state index is -0.502. The fourth-order valence-electron chi connectivity index (χ4n) is 3.82. The number of amides is 1. The predicted molar refractivity (Wildman–Crippen MR) is 122 cm³/mol. The SMILES string of the molecule is CCOc1ccc(CNC(=O)c2cc([N+](=O)[O-])ccc2NC2CCC(N)CC2)cc1OC. The lowest BCUT2D eigenvalue weighted by molar-refractivity contribution is -0.384. The Morgan fingerprint density at radius 2 is 1.91 bits per heavy atom. The summed E-state index contributed by atoms with van der Waals surface area (Å²) in [6.07, 6.45) is 3.61. The first-order valence-electron chi connectivity index (χ1n) is 10.8. The number of non-ortho nitro benzene ring substituents is 1. The number of benzene rings is 2. The number of hydrogen-bond acceptors (Lipinski definition) is 7. The summed E-state index contributed by atoms with van der Waals surface area (Å²) < 4.78 is 10.9. The Hall–Kier alpha value is -3.33. The molecule has 0 bridgehead atoms. The maximum atomic E-state index is 13.0. The summed E-state index contributed by atoms with van der Waals surface area (Å²) in [5.74, 6) is 0.811. The monoisotopic (exact) mass is 442 g/mol. The zero-order valence-corrected chi connectivity index (χ0v) is 18.4. The normalized spacial score (nSPS) is 18.0. The first kappa shape index (κ1) is 23.3. The van der Waals surface area contributed by atoms with Crippen LogP contribution in [0.15, 0.2) is 36.4 Å². The molecule has 9 heteroatoms. The van der Waals surface area contributed by atoms with Gasteiger partial charge in [0.05, 0.1) is 24.2 Å². The lowest BCUT2D eigenvalue weighted by Crippen LogP contribution is -2.33. The van der Waals surface area contributed by atoms with Crippen molar-refractivity contribution >= 4 is 17.3 Å². The minimum absolute atomic E-state index is 0.130. The predicted octanol–water partition coefficient (Wildman–Crippen LogP) is 3.61. The molecule has 1 amide bonds. The summed E-state index contributed by atoms with van der Waals surface area (Å²) >= 11 is 0. The van der Waals surface area contributed by atoms with Gasteiger partial charge < -0.3 is 25.8 Å². The molecule has 9 nitrogen and oxygen atoms in total. The Morgan fingerprint density at radius 3 is 2.56 bits per heavy atom. The molecule has 1 aliphatic rings. The molecule has 0 heterocycles. The Balaban J connectivity index is 1.75. The third-order valence-electron chi connectivity index (χ3n) is 5.57. The number of ether oxygens (including phenoxy) is 2. The van der Waals surface area contributed by atoms with Crippen LogP contribution in [0.2, 0.25) is 0 Å². The summed E-state index contributed by atoms with van der Waals surface area (Å²) in [5.41, 5.74) is 7.49. The number of rotatable bonds is 9. The summed E-state index contributed by atoms with van der Waals surface area (Å²) in [6, 6.07) is 10.1. The van der Waals surface area contributed by atoms with Gasteiger partial charge in [-0.15, -0.1) is 0 Å². The van der Waals surface area contributed by atoms with E-state index in [1.54, 1.807) is 25.3 Å². The first-order chi connectivity index (χ1) is 15.4. The molecule has 1 aliphatic carbocycles. The summed E-state index contributed by atoms with van der Waals surface area (Å²) in [5, 5.41) is 17.5. The molecule has 2 aromatic carbocycles. The van der Waals surface area contributed by atoms with E-state index in [1.165, 1.54) is 12.1 Å². The molecular formula is C23H30N4O5. The van der Waals surface area contributed by atoms with Gasteiger partial charge in [-0.05, 0) is 56.4 Å². The molecule has 0 saturated heterocycles. The van der Waals surface area contributed by atoms with Gasteiger partial charge in [0.15, 0.2) is 11.5 Å². The van der Waals surface area contributed by atoms with Crippen LogP contribution < -0.4 is 25.8 Å². The van der Waals surface area contributed by atoms with Crippen molar-refractivity contribution in [2.24, 2.45) is 5.73 Å². The van der Waals surface area contributed by atoms with Crippen molar-refractivity contribution in [3.05, 3.63) is 57.6 Å². The van der Waals surface area contributed by atoms with Crippen molar-refractivity contribution in [3.8, 4) is 11.5 Å². The molecule has 1 saturated carbocycles. The van der Waals surface area contributed by atoms with Crippen LogP contribution in [-0.4, -0.2) is 36.6 Å². The Kier molecular flexibility index (Phi) is 7.88. The van der Waals surface area contributed by atoms with E-state index in [4.69, 9.17) is 15.2 Å². The fourth-order valence-corrected chi connectivity index (χ4v) is 3.82. The molecule has 0 aromatic heterocycles. The van der Waals surface area contributed by atoms with Gasteiger partial charge in [0.1, 0.15) is 0 Å². The molecule has 172 valence electrons. The number of anilines is 1. The number of nitrogens with two attached hydrogens (primary N) is 1. The largest absolute Gasteiger partial charge is 0.493 e. The lowest BCUT2D eigenvalue weighted by Gasteiger charge is -2.28. The maximum absolute atomic E-state index is 13.0. The average Bonchev–Trinajstić information content (AvgIpc) is 2.80. The summed E-state index contributed by atoms with van der Waals surface area (Å²) in [6.45, 7) is 2.64. The number of hydrogen-bond donors (Lipinski definition) is 3. The Bertz CT molecular complexity index is 957. The van der Waals surface area contributed by atoms with E-state index in [2.05, 4.69) is 10.6 Å². The highest BCUT2D eigenvalue weighted by atomic mass is 16.6. The molecule has 32 heavy (non-hydrogen) atoms. The van der Waals surface area contributed by atoms with Gasteiger partial charge in [-0.3, -0.25) is 14.9 Å². The van der Waals surface area contributed by atoms with E-state index < -0.39 is 10.8 Å². The first-order valence-corrected chi connectivity index (χ1v) is 10.8. The standard InChI is InChI=1S/C23H30N4O5/c1-3-32-21-11-4-15(12-22(21)31-2)14-25-23(28)19-13-18(27(29)30)9-10-20(19)26-17-7-5-16(24)6-8-17/h4,9-13,16-17,26H,3,5-8,14,24H2,1-2H3,(H,25,28). The minimum Gasteiger partial charge on any atom is -0.493 e. The number of nitro groups is 1. The number of carbonyl (C=O) groups is 1. The molecule has 3 rings (SSSR count). The fraction of sp³-hybridized carbons (Fsp3) is 0.435. The smallest absolute Gasteiger partial charge is 0.270 e. The molecule has 0 spiro atoms. The van der Waals surface area contributed by atoms with E-state index in [0.29, 0.717) is 23.8 Å². The van der Waals surface area contributed by atoms with Crippen LogP contribution in [0, 0.1) is 10.1 Å². The van der Waals surface area contributed by atoms with Crippen molar-refractivity contribution in [1.29, 1.82) is 0 Å². The Labute approximate surface area is 187 Å². The summed E-state index contributed by atoms with van der Waals surface area (Å²) in [7, 11) is 1.55. The molecule has 1 fully saturated rings. The van der Waals surface area contributed by atoms with Crippen LogP contribution in [0.5, 0.6) is 11.5 Å². The highest BCUT2D eigenvalue weighted by Crippen LogP contribution is 2.29. The van der Waals surface area contributed by atoms with Gasteiger partial charge in [-0.25, -0.2) is 0 Å². The van der Waals surface area contributed by atoms with Gasteiger partial charge in [-0.1, -0.05) is 6.07 Å². The zero-order chi connectivity index (χ0) is 23.1. The van der Waals surface area contributed by atoms with Crippen molar-refractivity contribution in [3.63, 3.8) is 0 Å². The zero-order valence-electron chi connectivity index (χ0n) is 18.4. The molecule has 2 aromatic rings. The van der Waals surface area contributed by atoms with Gasteiger partial charge in [0.25, 0.3) is 11.6 Å². The van der Waals surface area contributed by atoms with Gasteiger partial charge in [0.2, 0.25) is 0 Å².